The fraction of sp³-hybridized carbons (Fsp3) is 0.357. The maximum atomic E-state index is 11.8. The molecule has 0 saturated heterocycles. The van der Waals surface area contributed by atoms with Crippen LogP contribution in [0.15, 0.2) is 24.3 Å². The number of nitrogens with zero attached hydrogens (tertiary/aromatic N) is 1. The summed E-state index contributed by atoms with van der Waals surface area (Å²) in [5, 5.41) is 0.526. The molecular weight excluding hydrogens is 248 g/mol. The summed E-state index contributed by atoms with van der Waals surface area (Å²) in [4.78, 5) is 13.5. The number of hydrogen-bond acceptors (Lipinski definition) is 2. The molecule has 18 heavy (non-hydrogen) atoms. The SMILES string of the molecule is CCCCN(C)C(=O)/C=C/c1ccc(Cl)c(N)c1. The highest BCUT2D eigenvalue weighted by atomic mass is 35.5. The number of carbonyl (C=O) groups is 1. The molecule has 0 aliphatic carbocycles. The van der Waals surface area contributed by atoms with E-state index in [1.807, 2.05) is 6.07 Å². The van der Waals surface area contributed by atoms with Gasteiger partial charge in [-0.1, -0.05) is 31.0 Å². The fourth-order valence-electron chi connectivity index (χ4n) is 1.47. The molecule has 0 spiro atoms. The lowest BCUT2D eigenvalue weighted by Gasteiger charge is -2.13. The Hall–Kier alpha value is -1.48. The first-order valence-electron chi connectivity index (χ1n) is 6.02. The third-order valence-electron chi connectivity index (χ3n) is 2.66. The van der Waals surface area contributed by atoms with E-state index in [2.05, 4.69) is 6.92 Å². The lowest BCUT2D eigenvalue weighted by Crippen LogP contribution is -2.25. The van der Waals surface area contributed by atoms with Gasteiger partial charge in [0.2, 0.25) is 5.91 Å². The first-order chi connectivity index (χ1) is 8.54. The third-order valence-corrected chi connectivity index (χ3v) is 3.01. The Morgan fingerprint density at radius 2 is 2.22 bits per heavy atom. The maximum Gasteiger partial charge on any atom is 0.246 e. The zero-order chi connectivity index (χ0) is 13.5. The Morgan fingerprint density at radius 1 is 1.50 bits per heavy atom. The molecule has 0 aliphatic rings. The number of amides is 1. The summed E-state index contributed by atoms with van der Waals surface area (Å²) in [5.41, 5.74) is 7.08. The molecule has 2 N–H and O–H groups in total. The molecule has 1 aromatic carbocycles. The van der Waals surface area contributed by atoms with Crippen molar-refractivity contribution in [3.05, 3.63) is 34.9 Å². The fourth-order valence-corrected chi connectivity index (χ4v) is 1.58. The van der Waals surface area contributed by atoms with E-state index in [0.29, 0.717) is 10.7 Å². The number of likely N-dealkylation sites (N-methyl/N-ethyl adjacent to an activating group) is 1. The summed E-state index contributed by atoms with van der Waals surface area (Å²) < 4.78 is 0. The van der Waals surface area contributed by atoms with Crippen molar-refractivity contribution in [3.63, 3.8) is 0 Å². The molecule has 0 unspecified atom stereocenters. The van der Waals surface area contributed by atoms with Crippen LogP contribution in [0.5, 0.6) is 0 Å². The van der Waals surface area contributed by atoms with Gasteiger partial charge in [0.1, 0.15) is 0 Å². The standard InChI is InChI=1S/C14H19ClN2O/c1-3-4-9-17(2)14(18)8-6-11-5-7-12(15)13(16)10-11/h5-8,10H,3-4,9,16H2,1-2H3/b8-6+. The largest absolute Gasteiger partial charge is 0.398 e. The van der Waals surface area contributed by atoms with Gasteiger partial charge in [-0.25, -0.2) is 0 Å². The smallest absolute Gasteiger partial charge is 0.246 e. The van der Waals surface area contributed by atoms with Crippen LogP contribution in [0.25, 0.3) is 6.08 Å². The summed E-state index contributed by atoms with van der Waals surface area (Å²) in [6, 6.07) is 5.30. The van der Waals surface area contributed by atoms with Crippen LogP contribution in [0.2, 0.25) is 5.02 Å². The minimum atomic E-state index is -0.00280. The molecule has 1 rings (SSSR count). The van der Waals surface area contributed by atoms with Gasteiger partial charge < -0.3 is 10.6 Å². The van der Waals surface area contributed by atoms with E-state index in [1.54, 1.807) is 36.2 Å². The van der Waals surface area contributed by atoms with Crippen LogP contribution in [0.4, 0.5) is 5.69 Å². The van der Waals surface area contributed by atoms with Gasteiger partial charge in [-0.05, 0) is 30.2 Å². The average molecular weight is 267 g/mol. The Balaban J connectivity index is 2.62. The normalized spacial score (nSPS) is 10.8. The van der Waals surface area contributed by atoms with Crippen molar-refractivity contribution in [2.75, 3.05) is 19.3 Å². The van der Waals surface area contributed by atoms with Crippen molar-refractivity contribution < 1.29 is 4.79 Å². The molecule has 0 atom stereocenters. The zero-order valence-corrected chi connectivity index (χ0v) is 11.6. The molecule has 0 heterocycles. The molecule has 0 aromatic heterocycles. The molecule has 0 bridgehead atoms. The second kappa shape index (κ2) is 7.07. The van der Waals surface area contributed by atoms with Crippen molar-refractivity contribution in [3.8, 4) is 0 Å². The number of carbonyl (C=O) groups excluding carboxylic acids is 1. The van der Waals surface area contributed by atoms with Gasteiger partial charge >= 0.3 is 0 Å². The number of benzene rings is 1. The van der Waals surface area contributed by atoms with E-state index in [1.165, 1.54) is 0 Å². The van der Waals surface area contributed by atoms with Crippen LogP contribution in [0, 0.1) is 0 Å². The summed E-state index contributed by atoms with van der Waals surface area (Å²) in [5.74, 6) is -0.00280. The molecule has 0 saturated carbocycles. The Bertz CT molecular complexity index is 443. The molecule has 98 valence electrons. The highest BCUT2D eigenvalue weighted by molar-refractivity contribution is 6.33. The number of unbranched alkanes of at least 4 members (excludes halogenated alkanes) is 1. The van der Waals surface area contributed by atoms with Gasteiger partial charge in [0, 0.05) is 19.7 Å². The van der Waals surface area contributed by atoms with E-state index < -0.39 is 0 Å². The molecular formula is C14H19ClN2O. The van der Waals surface area contributed by atoms with Crippen LogP contribution in [0.1, 0.15) is 25.3 Å². The first kappa shape index (κ1) is 14.6. The predicted octanol–water partition coefficient (Wildman–Crippen LogP) is 3.19. The number of halogens is 1. The van der Waals surface area contributed by atoms with Crippen LogP contribution < -0.4 is 5.73 Å². The number of anilines is 1. The summed E-state index contributed by atoms with van der Waals surface area (Å²) in [6.45, 7) is 2.88. The summed E-state index contributed by atoms with van der Waals surface area (Å²) in [7, 11) is 1.80. The molecule has 3 nitrogen and oxygen atoms in total. The van der Waals surface area contributed by atoms with E-state index in [-0.39, 0.29) is 5.91 Å². The van der Waals surface area contributed by atoms with Crippen molar-refractivity contribution >= 4 is 29.3 Å². The number of nitrogen functional groups attached to an aromatic ring is 1. The van der Waals surface area contributed by atoms with E-state index in [0.717, 1.165) is 24.9 Å². The van der Waals surface area contributed by atoms with Gasteiger partial charge in [0.25, 0.3) is 0 Å². The molecule has 0 fully saturated rings. The van der Waals surface area contributed by atoms with Crippen molar-refractivity contribution in [1.82, 2.24) is 4.90 Å². The highest BCUT2D eigenvalue weighted by Crippen LogP contribution is 2.20. The lowest BCUT2D eigenvalue weighted by atomic mass is 10.2. The van der Waals surface area contributed by atoms with Gasteiger partial charge in [-0.15, -0.1) is 0 Å². The van der Waals surface area contributed by atoms with Crippen molar-refractivity contribution in [2.24, 2.45) is 0 Å². The van der Waals surface area contributed by atoms with E-state index in [9.17, 15) is 4.79 Å². The second-order valence-electron chi connectivity index (χ2n) is 4.23. The molecule has 0 radical (unpaired) electrons. The topological polar surface area (TPSA) is 46.3 Å². The first-order valence-corrected chi connectivity index (χ1v) is 6.40. The molecule has 0 aliphatic heterocycles. The van der Waals surface area contributed by atoms with Gasteiger partial charge in [-0.3, -0.25) is 4.79 Å². The van der Waals surface area contributed by atoms with Crippen LogP contribution >= 0.6 is 11.6 Å². The Kier molecular flexibility index (Phi) is 5.72. The number of rotatable bonds is 5. The Labute approximate surface area is 113 Å². The zero-order valence-electron chi connectivity index (χ0n) is 10.8. The average Bonchev–Trinajstić information content (AvgIpc) is 2.36. The van der Waals surface area contributed by atoms with E-state index in [4.69, 9.17) is 17.3 Å². The third kappa shape index (κ3) is 4.41. The minimum absolute atomic E-state index is 0.00280. The number of hydrogen-bond donors (Lipinski definition) is 1. The quantitative estimate of drug-likeness (QED) is 0.657. The van der Waals surface area contributed by atoms with Gasteiger partial charge in [0.15, 0.2) is 0 Å². The summed E-state index contributed by atoms with van der Waals surface area (Å²) >= 11 is 5.83. The van der Waals surface area contributed by atoms with Crippen LogP contribution in [0.3, 0.4) is 0 Å². The molecule has 4 heteroatoms. The second-order valence-corrected chi connectivity index (χ2v) is 4.63. The summed E-state index contributed by atoms with van der Waals surface area (Å²) in [6.07, 6.45) is 5.40. The van der Waals surface area contributed by atoms with Crippen LogP contribution in [-0.2, 0) is 4.79 Å². The lowest BCUT2D eigenvalue weighted by molar-refractivity contribution is -0.124. The van der Waals surface area contributed by atoms with Crippen molar-refractivity contribution in [1.29, 1.82) is 0 Å². The monoisotopic (exact) mass is 266 g/mol. The molecule has 1 aromatic rings. The van der Waals surface area contributed by atoms with Gasteiger partial charge in [-0.2, -0.15) is 0 Å². The van der Waals surface area contributed by atoms with E-state index >= 15 is 0 Å². The highest BCUT2D eigenvalue weighted by Gasteiger charge is 2.03. The van der Waals surface area contributed by atoms with Crippen molar-refractivity contribution in [2.45, 2.75) is 19.8 Å². The number of nitrogens with two attached hydrogens (primary N) is 1. The maximum absolute atomic E-state index is 11.8. The van der Waals surface area contributed by atoms with Crippen LogP contribution in [-0.4, -0.2) is 24.4 Å². The minimum Gasteiger partial charge on any atom is -0.398 e. The van der Waals surface area contributed by atoms with Gasteiger partial charge in [0.05, 0.1) is 10.7 Å². The Morgan fingerprint density at radius 3 is 2.83 bits per heavy atom. The predicted molar refractivity (Wildman–Crippen MR) is 77.4 cm³/mol. The molecule has 1 amide bonds.